The summed E-state index contributed by atoms with van der Waals surface area (Å²) >= 11 is 16.2. The van der Waals surface area contributed by atoms with Crippen LogP contribution >= 0.6 is 50.5 Å². The summed E-state index contributed by atoms with van der Waals surface area (Å²) in [6, 6.07) is 5.96. The van der Waals surface area contributed by atoms with E-state index in [0.29, 0.717) is 15.5 Å². The average molecular weight is 356 g/mol. The zero-order chi connectivity index (χ0) is 12.6. The van der Waals surface area contributed by atoms with Gasteiger partial charge in [0.25, 0.3) is 0 Å². The van der Waals surface area contributed by atoms with Gasteiger partial charge in [-0.1, -0.05) is 35.3 Å². The van der Waals surface area contributed by atoms with Crippen molar-refractivity contribution in [1.29, 1.82) is 0 Å². The van der Waals surface area contributed by atoms with Gasteiger partial charge in [0.15, 0.2) is 0 Å². The van der Waals surface area contributed by atoms with Crippen molar-refractivity contribution in [2.24, 2.45) is 0 Å². The normalized spacial score (nSPS) is 12.8. The predicted octanol–water partition coefficient (Wildman–Crippen LogP) is 5.04. The maximum Gasteiger partial charge on any atom is 0.142 e. The van der Waals surface area contributed by atoms with Crippen molar-refractivity contribution in [3.8, 4) is 0 Å². The number of hydrogen-bond donors (Lipinski definition) is 1. The molecule has 1 heterocycles. The van der Waals surface area contributed by atoms with Crippen molar-refractivity contribution >= 4 is 50.5 Å². The number of benzene rings is 1. The smallest absolute Gasteiger partial charge is 0.142 e. The molecule has 1 nitrogen and oxygen atoms in total. The van der Waals surface area contributed by atoms with Gasteiger partial charge in [-0.3, -0.25) is 0 Å². The Labute approximate surface area is 120 Å². The van der Waals surface area contributed by atoms with Crippen molar-refractivity contribution in [2.75, 3.05) is 0 Å². The van der Waals surface area contributed by atoms with Crippen LogP contribution < -0.4 is 0 Å². The molecule has 1 aromatic heterocycles. The lowest BCUT2D eigenvalue weighted by Crippen LogP contribution is -1.99. The molecular formula is C11H6BrCl2FOS. The minimum Gasteiger partial charge on any atom is -0.383 e. The summed E-state index contributed by atoms with van der Waals surface area (Å²) in [6.45, 7) is 0. The van der Waals surface area contributed by atoms with Crippen LogP contribution in [0.3, 0.4) is 0 Å². The van der Waals surface area contributed by atoms with Crippen LogP contribution in [0.5, 0.6) is 0 Å². The highest BCUT2D eigenvalue weighted by Gasteiger charge is 2.19. The highest BCUT2D eigenvalue weighted by atomic mass is 79.9. The Morgan fingerprint density at radius 3 is 2.65 bits per heavy atom. The molecule has 1 atom stereocenters. The molecule has 1 N–H and O–H groups in total. The molecule has 0 saturated carbocycles. The van der Waals surface area contributed by atoms with E-state index < -0.39 is 11.9 Å². The molecule has 2 aromatic rings. The molecule has 2 rings (SSSR count). The summed E-state index contributed by atoms with van der Waals surface area (Å²) in [5, 5.41) is 10.6. The summed E-state index contributed by atoms with van der Waals surface area (Å²) in [4.78, 5) is 0.606. The van der Waals surface area contributed by atoms with Gasteiger partial charge in [0, 0.05) is 10.4 Å². The van der Waals surface area contributed by atoms with Crippen LogP contribution in [0.4, 0.5) is 4.39 Å². The van der Waals surface area contributed by atoms with E-state index in [1.54, 1.807) is 12.1 Å². The summed E-state index contributed by atoms with van der Waals surface area (Å²) in [6.07, 6.45) is -0.980. The van der Waals surface area contributed by atoms with E-state index >= 15 is 0 Å². The van der Waals surface area contributed by atoms with E-state index in [1.807, 2.05) is 0 Å². The number of rotatable bonds is 2. The summed E-state index contributed by atoms with van der Waals surface area (Å²) in [5.74, 6) is -0.551. The van der Waals surface area contributed by atoms with Gasteiger partial charge in [-0.25, -0.2) is 4.39 Å². The molecule has 17 heavy (non-hydrogen) atoms. The van der Waals surface area contributed by atoms with Crippen LogP contribution in [-0.4, -0.2) is 5.11 Å². The van der Waals surface area contributed by atoms with Gasteiger partial charge < -0.3 is 5.11 Å². The quantitative estimate of drug-likeness (QED) is 0.800. The second kappa shape index (κ2) is 5.24. The van der Waals surface area contributed by atoms with Gasteiger partial charge in [0.1, 0.15) is 11.9 Å². The van der Waals surface area contributed by atoms with Gasteiger partial charge >= 0.3 is 0 Å². The fourth-order valence-corrected chi connectivity index (χ4v) is 3.36. The van der Waals surface area contributed by atoms with Crippen LogP contribution in [-0.2, 0) is 0 Å². The lowest BCUT2D eigenvalue weighted by Gasteiger charge is -2.10. The maximum atomic E-state index is 13.3. The molecule has 0 spiro atoms. The van der Waals surface area contributed by atoms with Crippen LogP contribution in [0, 0.1) is 5.82 Å². The molecule has 0 aliphatic carbocycles. The average Bonchev–Trinajstić information content (AvgIpc) is 2.62. The highest BCUT2D eigenvalue weighted by molar-refractivity contribution is 9.11. The number of aliphatic hydroxyl groups is 1. The topological polar surface area (TPSA) is 20.2 Å². The zero-order valence-corrected chi connectivity index (χ0v) is 12.2. The van der Waals surface area contributed by atoms with E-state index in [9.17, 15) is 9.50 Å². The van der Waals surface area contributed by atoms with Crippen molar-refractivity contribution in [1.82, 2.24) is 0 Å². The van der Waals surface area contributed by atoms with Crippen molar-refractivity contribution in [3.63, 3.8) is 0 Å². The predicted molar refractivity (Wildman–Crippen MR) is 72.5 cm³/mol. The summed E-state index contributed by atoms with van der Waals surface area (Å²) < 4.78 is 14.0. The molecule has 0 fully saturated rings. The third-order valence-electron chi connectivity index (χ3n) is 2.21. The van der Waals surface area contributed by atoms with E-state index in [2.05, 4.69) is 15.9 Å². The molecular weight excluding hydrogens is 350 g/mol. The van der Waals surface area contributed by atoms with Crippen LogP contribution in [0.25, 0.3) is 0 Å². The first kappa shape index (κ1) is 13.3. The molecule has 0 aliphatic rings. The SMILES string of the molecule is OC(c1cc(Cl)c(Br)s1)c1cccc(F)c1Cl. The standard InChI is InChI=1S/C11H6BrCl2FOS/c12-11-6(13)4-8(17-11)10(16)5-2-1-3-7(15)9(5)14/h1-4,10,16H. The van der Waals surface area contributed by atoms with Gasteiger partial charge in [0.05, 0.1) is 13.8 Å². The van der Waals surface area contributed by atoms with Crippen molar-refractivity contribution in [3.05, 3.63) is 54.4 Å². The van der Waals surface area contributed by atoms with Gasteiger partial charge in [-0.15, -0.1) is 11.3 Å². The fourth-order valence-electron chi connectivity index (χ4n) is 1.38. The van der Waals surface area contributed by atoms with E-state index in [0.717, 1.165) is 3.79 Å². The molecule has 90 valence electrons. The molecule has 1 aromatic carbocycles. The Morgan fingerprint density at radius 1 is 1.35 bits per heavy atom. The molecule has 0 bridgehead atoms. The first-order valence-corrected chi connectivity index (χ1v) is 6.94. The minimum absolute atomic E-state index is 0.0688. The summed E-state index contributed by atoms with van der Waals surface area (Å²) in [5.41, 5.74) is 0.331. The van der Waals surface area contributed by atoms with Gasteiger partial charge in [-0.05, 0) is 28.1 Å². The Morgan fingerprint density at radius 2 is 2.06 bits per heavy atom. The van der Waals surface area contributed by atoms with Crippen LogP contribution in [0.2, 0.25) is 10.0 Å². The summed E-state index contributed by atoms with van der Waals surface area (Å²) in [7, 11) is 0. The molecule has 0 radical (unpaired) electrons. The minimum atomic E-state index is -0.980. The zero-order valence-electron chi connectivity index (χ0n) is 8.25. The second-order valence-electron chi connectivity index (χ2n) is 3.32. The monoisotopic (exact) mass is 354 g/mol. The van der Waals surface area contributed by atoms with Crippen LogP contribution in [0.15, 0.2) is 28.1 Å². The number of hydrogen-bond acceptors (Lipinski definition) is 2. The molecule has 0 aliphatic heterocycles. The van der Waals surface area contributed by atoms with Gasteiger partial charge in [0.2, 0.25) is 0 Å². The number of aliphatic hydroxyl groups excluding tert-OH is 1. The molecule has 0 saturated heterocycles. The van der Waals surface area contributed by atoms with Gasteiger partial charge in [-0.2, -0.15) is 0 Å². The molecule has 1 unspecified atom stereocenters. The molecule has 0 amide bonds. The van der Waals surface area contributed by atoms with E-state index in [-0.39, 0.29) is 5.02 Å². The van der Waals surface area contributed by atoms with Crippen molar-refractivity contribution in [2.45, 2.75) is 6.10 Å². The van der Waals surface area contributed by atoms with E-state index in [1.165, 1.54) is 23.5 Å². The highest BCUT2D eigenvalue weighted by Crippen LogP contribution is 2.39. The Bertz CT molecular complexity index is 539. The first-order valence-electron chi connectivity index (χ1n) is 4.57. The largest absolute Gasteiger partial charge is 0.383 e. The number of thiophene rings is 1. The molecule has 6 heteroatoms. The third kappa shape index (κ3) is 2.66. The van der Waals surface area contributed by atoms with E-state index in [4.69, 9.17) is 23.2 Å². The lowest BCUT2D eigenvalue weighted by molar-refractivity contribution is 0.224. The lowest BCUT2D eigenvalue weighted by atomic mass is 10.1. The van der Waals surface area contributed by atoms with Crippen LogP contribution in [0.1, 0.15) is 16.5 Å². The Hall–Kier alpha value is -0.130. The Balaban J connectivity index is 2.43. The number of halogens is 4. The second-order valence-corrected chi connectivity index (χ2v) is 6.50. The fraction of sp³-hybridized carbons (Fsp3) is 0.0909. The van der Waals surface area contributed by atoms with Crippen molar-refractivity contribution < 1.29 is 9.50 Å². The third-order valence-corrected chi connectivity index (χ3v) is 5.14. The maximum absolute atomic E-state index is 13.3. The Kier molecular flexibility index (Phi) is 4.10. The first-order chi connectivity index (χ1) is 8.00.